The van der Waals surface area contributed by atoms with E-state index in [2.05, 4.69) is 10.6 Å². The summed E-state index contributed by atoms with van der Waals surface area (Å²) in [5, 5.41) is 5.75. The van der Waals surface area contributed by atoms with Crippen LogP contribution in [0, 0.1) is 5.82 Å². The maximum atomic E-state index is 14.1. The van der Waals surface area contributed by atoms with Crippen molar-refractivity contribution < 1.29 is 18.7 Å². The molecule has 1 amide bonds. The number of hydrogen-bond donors (Lipinski definition) is 2. The summed E-state index contributed by atoms with van der Waals surface area (Å²) in [7, 11) is 0. The molecule has 0 aliphatic carbocycles. The molecule has 5 nitrogen and oxygen atoms in total. The third-order valence-electron chi connectivity index (χ3n) is 4.00. The summed E-state index contributed by atoms with van der Waals surface area (Å²) in [4.78, 5) is 11.9. The molecule has 1 aromatic carbocycles. The Kier molecular flexibility index (Phi) is 4.90. The summed E-state index contributed by atoms with van der Waals surface area (Å²) in [6, 6.07) is 4.65. The highest BCUT2D eigenvalue weighted by atomic mass is 19.1. The van der Waals surface area contributed by atoms with Gasteiger partial charge in [-0.05, 0) is 43.9 Å². The van der Waals surface area contributed by atoms with Crippen LogP contribution in [0.3, 0.4) is 0 Å². The van der Waals surface area contributed by atoms with Crippen LogP contribution >= 0.6 is 0 Å². The maximum Gasteiger partial charge on any atom is 0.253 e. The molecule has 2 saturated heterocycles. The monoisotopic (exact) mass is 308 g/mol. The number of rotatable bonds is 5. The molecule has 1 aromatic rings. The molecule has 0 radical (unpaired) electrons. The van der Waals surface area contributed by atoms with Gasteiger partial charge in [-0.25, -0.2) is 4.39 Å². The predicted molar refractivity (Wildman–Crippen MR) is 81.5 cm³/mol. The normalized spacial score (nSPS) is 24.4. The first-order valence-corrected chi connectivity index (χ1v) is 7.80. The van der Waals surface area contributed by atoms with Gasteiger partial charge in [-0.3, -0.25) is 4.79 Å². The summed E-state index contributed by atoms with van der Waals surface area (Å²) in [5.41, 5.74) is 0.867. The van der Waals surface area contributed by atoms with Gasteiger partial charge in [-0.1, -0.05) is 0 Å². The quantitative estimate of drug-likeness (QED) is 0.877. The molecular weight excluding hydrogens is 287 g/mol. The fourth-order valence-corrected chi connectivity index (χ4v) is 2.77. The highest BCUT2D eigenvalue weighted by Crippen LogP contribution is 2.21. The van der Waals surface area contributed by atoms with Gasteiger partial charge in [0.25, 0.3) is 5.91 Å². The molecule has 2 fully saturated rings. The Labute approximate surface area is 129 Å². The third kappa shape index (κ3) is 3.75. The standard InChI is InChI=1S/C16H21FN2O3/c17-13-9-11(19-16(20)15-4-2-8-22-15)5-6-14(13)18-10-12-3-1-7-21-12/h5-6,9,12,15,18H,1-4,7-8,10H2,(H,19,20). The predicted octanol–water partition coefficient (Wildman–Crippen LogP) is 2.53. The van der Waals surface area contributed by atoms with Gasteiger partial charge >= 0.3 is 0 Å². The van der Waals surface area contributed by atoms with Crippen LogP contribution in [0.1, 0.15) is 25.7 Å². The lowest BCUT2D eigenvalue weighted by Crippen LogP contribution is -2.26. The van der Waals surface area contributed by atoms with Crippen LogP contribution in [-0.2, 0) is 14.3 Å². The van der Waals surface area contributed by atoms with Crippen molar-refractivity contribution in [2.45, 2.75) is 37.9 Å². The first-order valence-electron chi connectivity index (χ1n) is 7.80. The maximum absolute atomic E-state index is 14.1. The van der Waals surface area contributed by atoms with Crippen molar-refractivity contribution in [3.05, 3.63) is 24.0 Å². The molecule has 0 spiro atoms. The van der Waals surface area contributed by atoms with Crippen molar-refractivity contribution in [1.82, 2.24) is 0 Å². The molecular formula is C16H21FN2O3. The molecule has 2 unspecified atom stereocenters. The minimum atomic E-state index is -0.416. The number of hydrogen-bond acceptors (Lipinski definition) is 4. The Morgan fingerprint density at radius 3 is 2.73 bits per heavy atom. The second-order valence-corrected chi connectivity index (χ2v) is 5.70. The zero-order chi connectivity index (χ0) is 15.4. The fraction of sp³-hybridized carbons (Fsp3) is 0.562. The van der Waals surface area contributed by atoms with Gasteiger partial charge in [0.05, 0.1) is 11.8 Å². The lowest BCUT2D eigenvalue weighted by atomic mass is 10.2. The van der Waals surface area contributed by atoms with Crippen molar-refractivity contribution in [2.75, 3.05) is 30.4 Å². The number of carbonyl (C=O) groups is 1. The van der Waals surface area contributed by atoms with Crippen LogP contribution in [-0.4, -0.2) is 37.9 Å². The Bertz CT molecular complexity index is 526. The van der Waals surface area contributed by atoms with Gasteiger partial charge in [-0.2, -0.15) is 0 Å². The molecule has 2 atom stereocenters. The fourth-order valence-electron chi connectivity index (χ4n) is 2.77. The topological polar surface area (TPSA) is 59.6 Å². The van der Waals surface area contributed by atoms with E-state index in [0.717, 1.165) is 32.3 Å². The molecule has 3 rings (SSSR count). The van der Waals surface area contributed by atoms with Crippen LogP contribution in [0.15, 0.2) is 18.2 Å². The third-order valence-corrected chi connectivity index (χ3v) is 4.00. The van der Waals surface area contributed by atoms with Crippen molar-refractivity contribution in [1.29, 1.82) is 0 Å². The molecule has 22 heavy (non-hydrogen) atoms. The van der Waals surface area contributed by atoms with Crippen LogP contribution < -0.4 is 10.6 Å². The van der Waals surface area contributed by atoms with Gasteiger partial charge < -0.3 is 20.1 Å². The number of ether oxygens (including phenoxy) is 2. The molecule has 0 saturated carbocycles. The molecule has 2 aliphatic heterocycles. The van der Waals surface area contributed by atoms with Gasteiger partial charge in [0.2, 0.25) is 0 Å². The summed E-state index contributed by atoms with van der Waals surface area (Å²) in [5.74, 6) is -0.597. The number of nitrogens with one attached hydrogen (secondary N) is 2. The number of anilines is 2. The van der Waals surface area contributed by atoms with Crippen molar-refractivity contribution in [2.24, 2.45) is 0 Å². The smallest absolute Gasteiger partial charge is 0.253 e. The number of benzene rings is 1. The highest BCUT2D eigenvalue weighted by molar-refractivity contribution is 5.94. The van der Waals surface area contributed by atoms with E-state index < -0.39 is 6.10 Å². The Morgan fingerprint density at radius 1 is 1.23 bits per heavy atom. The molecule has 2 aliphatic rings. The van der Waals surface area contributed by atoms with E-state index in [1.165, 1.54) is 6.07 Å². The average Bonchev–Trinajstić information content (AvgIpc) is 3.20. The minimum absolute atomic E-state index is 0.151. The second kappa shape index (κ2) is 7.07. The summed E-state index contributed by atoms with van der Waals surface area (Å²) in [6.07, 6.45) is 3.40. The van der Waals surface area contributed by atoms with Crippen LogP contribution in [0.2, 0.25) is 0 Å². The van der Waals surface area contributed by atoms with E-state index in [0.29, 0.717) is 24.5 Å². The molecule has 120 valence electrons. The Balaban J connectivity index is 1.55. The van der Waals surface area contributed by atoms with Gasteiger partial charge in [0, 0.05) is 25.4 Å². The van der Waals surface area contributed by atoms with Crippen LogP contribution in [0.5, 0.6) is 0 Å². The molecule has 2 N–H and O–H groups in total. The number of halogens is 1. The molecule has 6 heteroatoms. The van der Waals surface area contributed by atoms with E-state index in [4.69, 9.17) is 9.47 Å². The van der Waals surface area contributed by atoms with E-state index in [1.807, 2.05) is 0 Å². The van der Waals surface area contributed by atoms with Gasteiger partial charge in [-0.15, -0.1) is 0 Å². The number of carbonyl (C=O) groups excluding carboxylic acids is 1. The van der Waals surface area contributed by atoms with E-state index >= 15 is 0 Å². The molecule has 0 aromatic heterocycles. The molecule has 0 bridgehead atoms. The van der Waals surface area contributed by atoms with Crippen LogP contribution in [0.25, 0.3) is 0 Å². The first kappa shape index (κ1) is 15.2. The zero-order valence-corrected chi connectivity index (χ0v) is 12.4. The van der Waals surface area contributed by atoms with Crippen molar-refractivity contribution in [3.8, 4) is 0 Å². The minimum Gasteiger partial charge on any atom is -0.380 e. The van der Waals surface area contributed by atoms with E-state index in [-0.39, 0.29) is 17.8 Å². The SMILES string of the molecule is O=C(Nc1ccc(NCC2CCCO2)c(F)c1)C1CCCO1. The van der Waals surface area contributed by atoms with Crippen LogP contribution in [0.4, 0.5) is 15.8 Å². The summed E-state index contributed by atoms with van der Waals surface area (Å²) in [6.45, 7) is 1.99. The average molecular weight is 308 g/mol. The van der Waals surface area contributed by atoms with Crippen molar-refractivity contribution in [3.63, 3.8) is 0 Å². The van der Waals surface area contributed by atoms with Gasteiger partial charge in [0.15, 0.2) is 0 Å². The Hall–Kier alpha value is -1.66. The highest BCUT2D eigenvalue weighted by Gasteiger charge is 2.23. The number of amides is 1. The van der Waals surface area contributed by atoms with Crippen molar-refractivity contribution >= 4 is 17.3 Å². The lowest BCUT2D eigenvalue weighted by molar-refractivity contribution is -0.124. The largest absolute Gasteiger partial charge is 0.380 e. The van der Waals surface area contributed by atoms with E-state index in [1.54, 1.807) is 12.1 Å². The zero-order valence-electron chi connectivity index (χ0n) is 12.4. The summed E-state index contributed by atoms with van der Waals surface area (Å²) < 4.78 is 24.9. The Morgan fingerprint density at radius 2 is 2.05 bits per heavy atom. The summed E-state index contributed by atoms with van der Waals surface area (Å²) >= 11 is 0. The second-order valence-electron chi connectivity index (χ2n) is 5.70. The lowest BCUT2D eigenvalue weighted by Gasteiger charge is -2.14. The molecule has 2 heterocycles. The first-order chi connectivity index (χ1) is 10.7. The van der Waals surface area contributed by atoms with E-state index in [9.17, 15) is 9.18 Å². The van der Waals surface area contributed by atoms with Gasteiger partial charge in [0.1, 0.15) is 11.9 Å².